The molecule has 0 atom stereocenters. The number of rotatable bonds is 20. The molecule has 1 N–H and O–H groups in total. The second-order valence-electron chi connectivity index (χ2n) is 11.5. The van der Waals surface area contributed by atoms with Crippen molar-refractivity contribution >= 4 is 58.3 Å². The van der Waals surface area contributed by atoms with E-state index in [1.165, 1.54) is 107 Å². The van der Waals surface area contributed by atoms with E-state index >= 15 is 0 Å². The van der Waals surface area contributed by atoms with Gasteiger partial charge < -0.3 is 66.8 Å². The fourth-order valence-electron chi connectivity index (χ4n) is 4.58. The Hall–Kier alpha value is 0.530. The Bertz CT molecular complexity index is 849. The summed E-state index contributed by atoms with van der Waals surface area (Å²) in [7, 11) is 0. The van der Waals surface area contributed by atoms with Crippen molar-refractivity contribution in [2.45, 2.75) is 143 Å². The first-order chi connectivity index (χ1) is 20.8. The van der Waals surface area contributed by atoms with Crippen LogP contribution in [0.4, 0.5) is 0 Å². The van der Waals surface area contributed by atoms with E-state index in [0.717, 1.165) is 19.5 Å². The van der Waals surface area contributed by atoms with Crippen molar-refractivity contribution in [1.29, 1.82) is 0 Å². The number of thiocarbonyl (C=S) groups is 2. The van der Waals surface area contributed by atoms with Gasteiger partial charge in [-0.15, -0.1) is 0 Å². The molecule has 0 saturated carbocycles. The van der Waals surface area contributed by atoms with E-state index in [1.807, 2.05) is 55.1 Å². The minimum Gasteiger partial charge on any atom is -0.412 e. The molecule has 0 aliphatic carbocycles. The van der Waals surface area contributed by atoms with E-state index in [1.54, 1.807) is 0 Å². The van der Waals surface area contributed by atoms with Gasteiger partial charge in [-0.25, -0.2) is 0 Å². The van der Waals surface area contributed by atoms with E-state index in [4.69, 9.17) is 24.8 Å². The van der Waals surface area contributed by atoms with Crippen molar-refractivity contribution in [2.24, 2.45) is 0 Å². The van der Waals surface area contributed by atoms with Gasteiger partial charge >= 0.3 is 58.4 Å². The molecule has 0 fully saturated rings. The zero-order valence-electron chi connectivity index (χ0n) is 29.5. The number of nitrogens with one attached hydrogen (secondary N) is 1. The number of hydrogen-bond donors (Lipinski definition) is 1. The van der Waals surface area contributed by atoms with Gasteiger partial charge in [0.2, 0.25) is 0 Å². The summed E-state index contributed by atoms with van der Waals surface area (Å²) in [5.74, 6) is 0. The monoisotopic (exact) mass is 851 g/mol. The first kappa shape index (κ1) is 53.3. The fourth-order valence-corrected chi connectivity index (χ4v) is 5.31. The molecule has 2 rings (SSSR count). The summed E-state index contributed by atoms with van der Waals surface area (Å²) in [6.45, 7) is 11.7. The summed E-state index contributed by atoms with van der Waals surface area (Å²) >= 11 is 19.5. The van der Waals surface area contributed by atoms with Gasteiger partial charge in [0.25, 0.3) is 0 Å². The smallest absolute Gasteiger partial charge is 0.412 e. The molecule has 0 aromatic heterocycles. The van der Waals surface area contributed by atoms with Crippen molar-refractivity contribution in [3.8, 4) is 0 Å². The van der Waals surface area contributed by atoms with Crippen molar-refractivity contribution < 1.29 is 58.4 Å². The molecule has 0 aliphatic heterocycles. The Morgan fingerprint density at radius 2 is 0.957 bits per heavy atom. The van der Waals surface area contributed by atoms with Crippen LogP contribution in [0.1, 0.15) is 135 Å². The first-order valence-electron chi connectivity index (χ1n) is 16.6. The van der Waals surface area contributed by atoms with E-state index in [2.05, 4.69) is 68.3 Å². The maximum Gasteiger partial charge on any atom is 2.00 e. The van der Waals surface area contributed by atoms with Crippen LogP contribution in [0, 0.1) is 6.92 Å². The molecule has 46 heavy (non-hydrogen) atoms. The Balaban J connectivity index is -0.000000302. The Morgan fingerprint density at radius 1 is 0.630 bits per heavy atom. The summed E-state index contributed by atoms with van der Waals surface area (Å²) < 4.78 is 0.970. The maximum absolute atomic E-state index is 5.16. The van der Waals surface area contributed by atoms with Crippen molar-refractivity contribution in [3.05, 3.63) is 78.7 Å². The van der Waals surface area contributed by atoms with Crippen LogP contribution in [0.3, 0.4) is 0 Å². The van der Waals surface area contributed by atoms with Gasteiger partial charge in [-0.2, -0.15) is 6.42 Å². The SMILES string of the molecule is CC(C)NC(=S)[S-].S=C([S-])N(Cc1ccccc1)Cc1ccccc1.[CH2-]CCCCCCCCCCCCCCCCC.[Zn+2].[Zn+2].[Zn+2]. The molecule has 9 heteroatoms. The van der Waals surface area contributed by atoms with E-state index < -0.39 is 0 Å². The van der Waals surface area contributed by atoms with Crippen LogP contribution in [0.2, 0.25) is 0 Å². The van der Waals surface area contributed by atoms with E-state index in [-0.39, 0.29) is 58.4 Å². The molecule has 0 saturated heterocycles. The minimum absolute atomic E-state index is 0. The van der Waals surface area contributed by atoms with Crippen LogP contribution in [-0.2, 0) is 96.8 Å². The fraction of sp³-hybridized carbons (Fsp3) is 0.595. The van der Waals surface area contributed by atoms with Gasteiger partial charge in [0.1, 0.15) is 0 Å². The van der Waals surface area contributed by atoms with Crippen LogP contribution in [0.25, 0.3) is 0 Å². The van der Waals surface area contributed by atoms with Gasteiger partial charge in [0.05, 0.1) is 0 Å². The zero-order valence-corrected chi connectivity index (χ0v) is 41.7. The number of benzene rings is 2. The molecular weight excluding hydrogens is 797 g/mol. The molecule has 0 amide bonds. The maximum atomic E-state index is 5.16. The molecule has 0 spiro atoms. The molecule has 2 aromatic carbocycles. The van der Waals surface area contributed by atoms with Gasteiger partial charge in [0.15, 0.2) is 0 Å². The summed E-state index contributed by atoms with van der Waals surface area (Å²) in [5, 5.41) is 2.85. The normalized spacial score (nSPS) is 9.59. The summed E-state index contributed by atoms with van der Waals surface area (Å²) in [6, 6.07) is 20.9. The van der Waals surface area contributed by atoms with E-state index in [9.17, 15) is 0 Å². The quantitative estimate of drug-likeness (QED) is 0.0466. The van der Waals surface area contributed by atoms with Gasteiger partial charge in [0, 0.05) is 19.1 Å². The molecule has 244 valence electrons. The molecule has 0 bridgehead atoms. The molecule has 0 radical (unpaired) electrons. The molecular formula is C37H59N2S4Zn3+3. The van der Waals surface area contributed by atoms with Crippen LogP contribution in [0.5, 0.6) is 0 Å². The van der Waals surface area contributed by atoms with Gasteiger partial charge in [-0.05, 0) is 25.0 Å². The second-order valence-corrected chi connectivity index (χ2v) is 13.6. The Morgan fingerprint density at radius 3 is 1.20 bits per heavy atom. The van der Waals surface area contributed by atoms with Crippen LogP contribution < -0.4 is 5.32 Å². The summed E-state index contributed by atoms with van der Waals surface area (Å²) in [6.07, 6.45) is 22.8. The largest absolute Gasteiger partial charge is 2.00 e. The topological polar surface area (TPSA) is 15.3 Å². The van der Waals surface area contributed by atoms with Crippen molar-refractivity contribution in [1.82, 2.24) is 10.2 Å². The van der Waals surface area contributed by atoms with Crippen LogP contribution in [0.15, 0.2) is 60.7 Å². The zero-order chi connectivity index (χ0) is 32.0. The number of nitrogens with zero attached hydrogens (tertiary/aromatic N) is 1. The first-order valence-corrected chi connectivity index (χ1v) is 18.2. The Labute approximate surface area is 345 Å². The number of unbranched alkanes of at least 4 members (excludes halogenated alkanes) is 15. The van der Waals surface area contributed by atoms with Gasteiger partial charge in [-0.3, -0.25) is 0 Å². The molecule has 0 aliphatic rings. The Kier molecular flexibility index (Phi) is 46.3. The van der Waals surface area contributed by atoms with E-state index in [0.29, 0.717) is 14.7 Å². The van der Waals surface area contributed by atoms with Crippen molar-refractivity contribution in [3.63, 3.8) is 0 Å². The molecule has 0 heterocycles. The summed E-state index contributed by atoms with van der Waals surface area (Å²) in [4.78, 5) is 2.04. The van der Waals surface area contributed by atoms with Crippen LogP contribution >= 0.6 is 24.4 Å². The predicted molar refractivity (Wildman–Crippen MR) is 205 cm³/mol. The third-order valence-corrected chi connectivity index (χ3v) is 7.70. The standard InChI is InChI=1S/C18H37.C15H15NS2.C4H9NS2.3Zn/c1-3-5-7-9-11-13-15-17-18-16-14-12-10-8-6-4-2;17-15(18)16(11-13-7-3-1-4-8-13)12-14-9-5-2-6-10-14;1-3(2)5-4(6)7;;;/h1,3-18H2,2H3;1-10H,11-12H2,(H,17,18);3H,1-2H3,(H2,5,6,7);;;/q-1;;;3*+2/p-2. The van der Waals surface area contributed by atoms with Gasteiger partial charge in [-0.1, -0.05) is 173 Å². The minimum atomic E-state index is 0. The molecule has 0 unspecified atom stereocenters. The van der Waals surface area contributed by atoms with Crippen LogP contribution in [-0.4, -0.2) is 19.6 Å². The average molecular weight is 856 g/mol. The number of hydrogen-bond acceptors (Lipinski definition) is 4. The molecule has 2 aromatic rings. The average Bonchev–Trinajstić information content (AvgIpc) is 2.98. The third kappa shape index (κ3) is 37.4. The third-order valence-electron chi connectivity index (χ3n) is 6.95. The second kappa shape index (κ2) is 40.0. The molecule has 2 nitrogen and oxygen atoms in total. The van der Waals surface area contributed by atoms with Crippen molar-refractivity contribution in [2.75, 3.05) is 0 Å². The predicted octanol–water partition coefficient (Wildman–Crippen LogP) is 11.4. The summed E-state index contributed by atoms with van der Waals surface area (Å²) in [5.41, 5.74) is 2.45.